The molecule has 0 saturated heterocycles. The van der Waals surface area contributed by atoms with Crippen molar-refractivity contribution in [1.29, 1.82) is 0 Å². The third-order valence-electron chi connectivity index (χ3n) is 2.42. The van der Waals surface area contributed by atoms with Crippen LogP contribution in [0.5, 0.6) is 0 Å². The van der Waals surface area contributed by atoms with Gasteiger partial charge in [-0.1, -0.05) is 0 Å². The molecule has 4 nitrogen and oxygen atoms in total. The lowest BCUT2D eigenvalue weighted by molar-refractivity contribution is -0.141. The molecular weight excluding hydrogens is 204 g/mol. The van der Waals surface area contributed by atoms with Gasteiger partial charge >= 0.3 is 5.97 Å². The summed E-state index contributed by atoms with van der Waals surface area (Å²) in [6, 6.07) is 0. The molecule has 1 unspecified atom stereocenters. The van der Waals surface area contributed by atoms with Gasteiger partial charge in [0, 0.05) is 23.7 Å². The first-order chi connectivity index (χ1) is 6.62. The van der Waals surface area contributed by atoms with E-state index in [0.29, 0.717) is 12.2 Å². The van der Waals surface area contributed by atoms with Gasteiger partial charge in [0.15, 0.2) is 0 Å². The molecular formula is C9H16O4S. The van der Waals surface area contributed by atoms with Gasteiger partial charge in [0.25, 0.3) is 0 Å². The minimum absolute atomic E-state index is 0.0590. The molecule has 1 aliphatic rings. The molecule has 1 atom stereocenters. The van der Waals surface area contributed by atoms with E-state index in [-0.39, 0.29) is 17.3 Å². The predicted molar refractivity (Wildman–Crippen MR) is 53.2 cm³/mol. The van der Waals surface area contributed by atoms with E-state index in [9.17, 15) is 9.00 Å². The van der Waals surface area contributed by atoms with Crippen LogP contribution < -0.4 is 0 Å². The summed E-state index contributed by atoms with van der Waals surface area (Å²) in [5, 5.41) is 0. The summed E-state index contributed by atoms with van der Waals surface area (Å²) >= 11 is 0. The molecule has 82 valence electrons. The van der Waals surface area contributed by atoms with E-state index >= 15 is 0 Å². The molecule has 0 spiro atoms. The summed E-state index contributed by atoms with van der Waals surface area (Å²) < 4.78 is 20.8. The fraction of sp³-hybridized carbons (Fsp3) is 0.889. The van der Waals surface area contributed by atoms with Crippen molar-refractivity contribution in [2.75, 3.05) is 25.9 Å². The largest absolute Gasteiger partial charge is 0.469 e. The Morgan fingerprint density at radius 1 is 1.43 bits per heavy atom. The first-order valence-corrected chi connectivity index (χ1v) is 6.01. The smallest absolute Gasteiger partial charge is 0.306 e. The highest BCUT2D eigenvalue weighted by atomic mass is 32.2. The zero-order valence-corrected chi connectivity index (χ0v) is 9.39. The maximum atomic E-state index is 11.4. The van der Waals surface area contributed by atoms with Crippen LogP contribution in [0.1, 0.15) is 19.3 Å². The van der Waals surface area contributed by atoms with Gasteiger partial charge in [0.2, 0.25) is 0 Å². The van der Waals surface area contributed by atoms with Crippen molar-refractivity contribution < 1.29 is 18.5 Å². The summed E-state index contributed by atoms with van der Waals surface area (Å²) in [7, 11) is 1.93. The lowest BCUT2D eigenvalue weighted by Gasteiger charge is -2.12. The number of carbonyl (C=O) groups is 1. The Hall–Kier alpha value is -0.420. The van der Waals surface area contributed by atoms with Crippen molar-refractivity contribution in [2.24, 2.45) is 5.41 Å². The van der Waals surface area contributed by atoms with Crippen molar-refractivity contribution in [1.82, 2.24) is 0 Å². The lowest BCUT2D eigenvalue weighted by Crippen LogP contribution is -2.19. The Kier molecular flexibility index (Phi) is 4.07. The van der Waals surface area contributed by atoms with Crippen molar-refractivity contribution in [3.63, 3.8) is 0 Å². The Bertz CT molecular complexity index is 235. The minimum Gasteiger partial charge on any atom is -0.469 e. The Morgan fingerprint density at radius 2 is 2.07 bits per heavy atom. The molecule has 0 aromatic heterocycles. The molecule has 0 heterocycles. The van der Waals surface area contributed by atoms with Crippen molar-refractivity contribution in [3.8, 4) is 0 Å². The molecule has 1 rings (SSSR count). The monoisotopic (exact) mass is 220 g/mol. The van der Waals surface area contributed by atoms with E-state index < -0.39 is 10.8 Å². The fourth-order valence-electron chi connectivity index (χ4n) is 1.44. The summed E-state index contributed by atoms with van der Waals surface area (Å²) in [5.74, 6) is 0.593. The topological polar surface area (TPSA) is 52.6 Å². The van der Waals surface area contributed by atoms with E-state index in [2.05, 4.69) is 4.74 Å². The quantitative estimate of drug-likeness (QED) is 0.618. The van der Waals surface area contributed by atoms with E-state index in [4.69, 9.17) is 4.74 Å². The Balaban J connectivity index is 2.35. The molecule has 0 N–H and O–H groups in total. The van der Waals surface area contributed by atoms with Crippen LogP contribution in [0, 0.1) is 5.41 Å². The van der Waals surface area contributed by atoms with Crippen LogP contribution in [0.2, 0.25) is 0 Å². The first-order valence-electron chi connectivity index (χ1n) is 4.53. The van der Waals surface area contributed by atoms with Crippen LogP contribution in [0.15, 0.2) is 0 Å². The molecule has 5 heteroatoms. The van der Waals surface area contributed by atoms with Crippen LogP contribution in [0.25, 0.3) is 0 Å². The van der Waals surface area contributed by atoms with E-state index in [0.717, 1.165) is 12.8 Å². The van der Waals surface area contributed by atoms with Gasteiger partial charge in [0.05, 0.1) is 13.5 Å². The predicted octanol–water partition coefficient (Wildman–Crippen LogP) is 0.682. The zero-order valence-electron chi connectivity index (χ0n) is 8.58. The second kappa shape index (κ2) is 4.89. The molecule has 1 aliphatic carbocycles. The second-order valence-corrected chi connectivity index (χ2v) is 5.15. The van der Waals surface area contributed by atoms with Crippen LogP contribution in [-0.4, -0.2) is 36.1 Å². The van der Waals surface area contributed by atoms with Gasteiger partial charge < -0.3 is 9.47 Å². The molecule has 0 aromatic carbocycles. The molecule has 0 bridgehead atoms. The summed E-state index contributed by atoms with van der Waals surface area (Å²) in [5.41, 5.74) is -0.0590. The Morgan fingerprint density at radius 3 is 2.50 bits per heavy atom. The van der Waals surface area contributed by atoms with Gasteiger partial charge in [-0.15, -0.1) is 0 Å². The second-order valence-electron chi connectivity index (χ2n) is 3.74. The number of hydrogen-bond acceptors (Lipinski definition) is 4. The molecule has 0 amide bonds. The summed E-state index contributed by atoms with van der Waals surface area (Å²) in [6.45, 7) is 0. The highest BCUT2D eigenvalue weighted by Crippen LogP contribution is 2.49. The van der Waals surface area contributed by atoms with Gasteiger partial charge in [-0.25, -0.2) is 0 Å². The van der Waals surface area contributed by atoms with Gasteiger partial charge in [0.1, 0.15) is 5.94 Å². The van der Waals surface area contributed by atoms with E-state index in [1.165, 1.54) is 14.2 Å². The standard InChI is InChI=1S/C9H16O4S/c1-12-7-14(11)6-9(3-4-9)5-8(10)13-2/h3-7H2,1-2H3. The maximum absolute atomic E-state index is 11.4. The number of hydrogen-bond donors (Lipinski definition) is 0. The highest BCUT2D eigenvalue weighted by molar-refractivity contribution is 7.84. The van der Waals surface area contributed by atoms with E-state index in [1.807, 2.05) is 0 Å². The minimum atomic E-state index is -0.975. The maximum Gasteiger partial charge on any atom is 0.306 e. The molecule has 0 radical (unpaired) electrons. The van der Waals surface area contributed by atoms with Crippen LogP contribution in [0.3, 0.4) is 0 Å². The van der Waals surface area contributed by atoms with Crippen molar-refractivity contribution in [2.45, 2.75) is 19.3 Å². The fourth-order valence-corrected chi connectivity index (χ4v) is 2.86. The highest BCUT2D eigenvalue weighted by Gasteiger charge is 2.45. The number of carbonyl (C=O) groups excluding carboxylic acids is 1. The molecule has 1 saturated carbocycles. The lowest BCUT2D eigenvalue weighted by atomic mass is 10.1. The molecule has 14 heavy (non-hydrogen) atoms. The summed E-state index contributed by atoms with van der Waals surface area (Å²) in [6.07, 6.45) is 2.33. The number of ether oxygens (including phenoxy) is 2. The molecule has 1 fully saturated rings. The van der Waals surface area contributed by atoms with Gasteiger partial charge in [-0.2, -0.15) is 0 Å². The third-order valence-corrected chi connectivity index (χ3v) is 3.85. The van der Waals surface area contributed by atoms with Crippen LogP contribution in [0.4, 0.5) is 0 Å². The Labute approximate surface area is 86.4 Å². The van der Waals surface area contributed by atoms with Crippen LogP contribution in [-0.2, 0) is 25.1 Å². The third kappa shape index (κ3) is 3.38. The number of esters is 1. The van der Waals surface area contributed by atoms with Crippen molar-refractivity contribution in [3.05, 3.63) is 0 Å². The van der Waals surface area contributed by atoms with E-state index in [1.54, 1.807) is 0 Å². The number of methoxy groups -OCH3 is 2. The zero-order chi connectivity index (χ0) is 10.6. The normalized spacial score (nSPS) is 20.1. The molecule has 0 aromatic rings. The average molecular weight is 220 g/mol. The number of rotatable bonds is 6. The van der Waals surface area contributed by atoms with Crippen molar-refractivity contribution >= 4 is 16.8 Å². The molecule has 0 aliphatic heterocycles. The van der Waals surface area contributed by atoms with Gasteiger partial charge in [-0.05, 0) is 18.3 Å². The SMILES string of the molecule is COCS(=O)CC1(CC(=O)OC)CC1. The average Bonchev–Trinajstić information content (AvgIpc) is 2.85. The first kappa shape index (κ1) is 11.7. The summed E-state index contributed by atoms with van der Waals surface area (Å²) in [4.78, 5) is 11.1. The van der Waals surface area contributed by atoms with Gasteiger partial charge in [-0.3, -0.25) is 9.00 Å². The van der Waals surface area contributed by atoms with Crippen LogP contribution >= 0.6 is 0 Å².